The zero-order valence-electron chi connectivity index (χ0n) is 9.00. The molecule has 18 heavy (non-hydrogen) atoms. The summed E-state index contributed by atoms with van der Waals surface area (Å²) in [6.07, 6.45) is 6.37. The van der Waals surface area contributed by atoms with Gasteiger partial charge in [-0.05, 0) is 34.7 Å². The van der Waals surface area contributed by atoms with Crippen molar-refractivity contribution < 1.29 is 9.32 Å². The van der Waals surface area contributed by atoms with E-state index in [1.54, 1.807) is 6.20 Å². The summed E-state index contributed by atoms with van der Waals surface area (Å²) in [6.45, 7) is 0. The number of pyridine rings is 1. The van der Waals surface area contributed by atoms with Gasteiger partial charge in [0.25, 0.3) is 5.91 Å². The molecular weight excluding hydrogens is 347 g/mol. The van der Waals surface area contributed by atoms with Gasteiger partial charge in [0.05, 0.1) is 6.20 Å². The third kappa shape index (κ3) is 2.08. The van der Waals surface area contributed by atoms with Gasteiger partial charge in [-0.25, -0.2) is 4.98 Å². The third-order valence-corrected chi connectivity index (χ3v) is 2.98. The van der Waals surface area contributed by atoms with Gasteiger partial charge in [0.15, 0.2) is 0 Å². The number of imidazole rings is 1. The first kappa shape index (κ1) is 11.2. The maximum absolute atomic E-state index is 11.9. The molecule has 0 saturated carbocycles. The molecule has 90 valence electrons. The van der Waals surface area contributed by atoms with E-state index in [2.05, 4.69) is 42.6 Å². The van der Waals surface area contributed by atoms with Crippen molar-refractivity contribution >= 4 is 39.8 Å². The average Bonchev–Trinajstić information content (AvgIpc) is 2.96. The Morgan fingerprint density at radius 2 is 2.28 bits per heavy atom. The van der Waals surface area contributed by atoms with E-state index in [4.69, 9.17) is 0 Å². The van der Waals surface area contributed by atoms with Gasteiger partial charge in [0, 0.05) is 16.0 Å². The van der Waals surface area contributed by atoms with Crippen molar-refractivity contribution in [3.8, 4) is 0 Å². The van der Waals surface area contributed by atoms with Crippen LogP contribution >= 0.6 is 22.6 Å². The molecule has 6 nitrogen and oxygen atoms in total. The molecular formula is C11H7IN4O2. The second kappa shape index (κ2) is 4.41. The fraction of sp³-hybridized carbons (Fsp3) is 0. The van der Waals surface area contributed by atoms with E-state index in [0.29, 0.717) is 11.4 Å². The lowest BCUT2D eigenvalue weighted by molar-refractivity contribution is 0.102. The van der Waals surface area contributed by atoms with Crippen LogP contribution in [0, 0.1) is 3.57 Å². The summed E-state index contributed by atoms with van der Waals surface area (Å²) in [5.41, 5.74) is 1.58. The number of anilines is 1. The maximum Gasteiger partial charge on any atom is 0.276 e. The molecule has 0 atom stereocenters. The second-order valence-corrected chi connectivity index (χ2v) is 4.85. The Morgan fingerprint density at radius 3 is 3.06 bits per heavy atom. The predicted molar refractivity (Wildman–Crippen MR) is 72.4 cm³/mol. The number of aromatic nitrogens is 3. The van der Waals surface area contributed by atoms with E-state index < -0.39 is 0 Å². The summed E-state index contributed by atoms with van der Waals surface area (Å²) in [4.78, 5) is 16.1. The number of rotatable bonds is 2. The van der Waals surface area contributed by atoms with Gasteiger partial charge in [-0.1, -0.05) is 5.16 Å². The Kier molecular flexibility index (Phi) is 2.74. The molecule has 3 aromatic rings. The standard InChI is InChI=1S/C11H7IN4O2/c12-7-1-2-10-15-9(5-16(10)4-7)11(17)14-8-3-13-18-6-8/h1-6H,(H,14,17). The summed E-state index contributed by atoms with van der Waals surface area (Å²) in [7, 11) is 0. The van der Waals surface area contributed by atoms with E-state index >= 15 is 0 Å². The second-order valence-electron chi connectivity index (χ2n) is 3.61. The molecule has 0 fully saturated rings. The summed E-state index contributed by atoms with van der Waals surface area (Å²) >= 11 is 2.20. The van der Waals surface area contributed by atoms with E-state index in [-0.39, 0.29) is 5.91 Å². The van der Waals surface area contributed by atoms with Crippen LogP contribution in [0.15, 0.2) is 41.5 Å². The molecule has 7 heteroatoms. The monoisotopic (exact) mass is 354 g/mol. The summed E-state index contributed by atoms with van der Waals surface area (Å²) in [6, 6.07) is 3.79. The lowest BCUT2D eigenvalue weighted by Crippen LogP contribution is -2.11. The first-order valence-corrected chi connectivity index (χ1v) is 6.15. The van der Waals surface area contributed by atoms with Crippen molar-refractivity contribution in [2.24, 2.45) is 0 Å². The van der Waals surface area contributed by atoms with Crippen molar-refractivity contribution in [1.82, 2.24) is 14.5 Å². The number of hydrogen-bond acceptors (Lipinski definition) is 4. The molecule has 0 spiro atoms. The summed E-state index contributed by atoms with van der Waals surface area (Å²) in [5, 5.41) is 6.15. The van der Waals surface area contributed by atoms with Gasteiger partial charge in [-0.3, -0.25) is 4.79 Å². The lowest BCUT2D eigenvalue weighted by atomic mass is 10.4. The Bertz CT molecular complexity index is 705. The number of fused-ring (bicyclic) bond motifs is 1. The number of carbonyl (C=O) groups is 1. The molecule has 3 aromatic heterocycles. The van der Waals surface area contributed by atoms with Crippen LogP contribution in [-0.2, 0) is 0 Å². The van der Waals surface area contributed by atoms with Crippen molar-refractivity contribution in [3.63, 3.8) is 0 Å². The lowest BCUT2D eigenvalue weighted by Gasteiger charge is -1.95. The van der Waals surface area contributed by atoms with Gasteiger partial charge in [0.1, 0.15) is 23.3 Å². The van der Waals surface area contributed by atoms with E-state index in [1.165, 1.54) is 12.5 Å². The summed E-state index contributed by atoms with van der Waals surface area (Å²) < 4.78 is 7.52. The highest BCUT2D eigenvalue weighted by molar-refractivity contribution is 14.1. The number of hydrogen-bond donors (Lipinski definition) is 1. The maximum atomic E-state index is 11.9. The van der Waals surface area contributed by atoms with Gasteiger partial charge in [-0.15, -0.1) is 0 Å². The molecule has 0 aliphatic heterocycles. The van der Waals surface area contributed by atoms with Crippen molar-refractivity contribution in [3.05, 3.63) is 46.3 Å². The van der Waals surface area contributed by atoms with E-state index in [1.807, 2.05) is 22.7 Å². The molecule has 0 aliphatic rings. The Labute approximate surface area is 115 Å². The number of amides is 1. The van der Waals surface area contributed by atoms with Gasteiger partial charge >= 0.3 is 0 Å². The number of nitrogens with one attached hydrogen (secondary N) is 1. The van der Waals surface area contributed by atoms with Crippen LogP contribution in [-0.4, -0.2) is 20.4 Å². The van der Waals surface area contributed by atoms with Crippen LogP contribution in [0.3, 0.4) is 0 Å². The predicted octanol–water partition coefficient (Wildman–Crippen LogP) is 2.18. The number of halogens is 1. The highest BCUT2D eigenvalue weighted by Crippen LogP contribution is 2.11. The molecule has 0 saturated heterocycles. The Balaban J connectivity index is 1.92. The zero-order valence-corrected chi connectivity index (χ0v) is 11.2. The highest BCUT2D eigenvalue weighted by Gasteiger charge is 2.11. The molecule has 3 heterocycles. The Morgan fingerprint density at radius 1 is 1.39 bits per heavy atom. The first-order chi connectivity index (χ1) is 8.72. The molecule has 0 aliphatic carbocycles. The molecule has 0 unspecified atom stereocenters. The highest BCUT2D eigenvalue weighted by atomic mass is 127. The number of carbonyl (C=O) groups excluding carboxylic acids is 1. The fourth-order valence-electron chi connectivity index (χ4n) is 1.54. The van der Waals surface area contributed by atoms with Gasteiger partial charge in [0.2, 0.25) is 0 Å². The minimum absolute atomic E-state index is 0.295. The Hall–Kier alpha value is -1.90. The molecule has 0 radical (unpaired) electrons. The molecule has 1 amide bonds. The largest absolute Gasteiger partial charge is 0.363 e. The zero-order chi connectivity index (χ0) is 12.5. The third-order valence-electron chi connectivity index (χ3n) is 2.34. The molecule has 0 aromatic carbocycles. The van der Waals surface area contributed by atoms with Crippen LogP contribution in [0.2, 0.25) is 0 Å². The minimum Gasteiger partial charge on any atom is -0.363 e. The minimum atomic E-state index is -0.295. The van der Waals surface area contributed by atoms with Crippen LogP contribution in [0.4, 0.5) is 5.69 Å². The van der Waals surface area contributed by atoms with Gasteiger partial charge in [-0.2, -0.15) is 0 Å². The quantitative estimate of drug-likeness (QED) is 0.716. The molecule has 0 bridgehead atoms. The van der Waals surface area contributed by atoms with Crippen molar-refractivity contribution in [2.45, 2.75) is 0 Å². The first-order valence-electron chi connectivity index (χ1n) is 5.07. The van der Waals surface area contributed by atoms with Crippen molar-refractivity contribution in [1.29, 1.82) is 0 Å². The van der Waals surface area contributed by atoms with E-state index in [0.717, 1.165) is 9.22 Å². The molecule has 3 rings (SSSR count). The van der Waals surface area contributed by atoms with Crippen LogP contribution in [0.25, 0.3) is 5.65 Å². The van der Waals surface area contributed by atoms with E-state index in [9.17, 15) is 4.79 Å². The van der Waals surface area contributed by atoms with Gasteiger partial charge < -0.3 is 14.2 Å². The van der Waals surface area contributed by atoms with Crippen LogP contribution in [0.1, 0.15) is 10.5 Å². The summed E-state index contributed by atoms with van der Waals surface area (Å²) in [5.74, 6) is -0.295. The average molecular weight is 354 g/mol. The normalized spacial score (nSPS) is 10.7. The SMILES string of the molecule is O=C(Nc1cnoc1)c1cn2cc(I)ccc2n1. The molecule has 1 N–H and O–H groups in total. The van der Waals surface area contributed by atoms with Crippen LogP contribution < -0.4 is 5.32 Å². The fourth-order valence-corrected chi connectivity index (χ4v) is 2.02. The smallest absolute Gasteiger partial charge is 0.276 e. The topological polar surface area (TPSA) is 72.4 Å². The van der Waals surface area contributed by atoms with Crippen LogP contribution in [0.5, 0.6) is 0 Å². The number of nitrogens with zero attached hydrogens (tertiary/aromatic N) is 3. The van der Waals surface area contributed by atoms with Crippen molar-refractivity contribution in [2.75, 3.05) is 5.32 Å².